The summed E-state index contributed by atoms with van der Waals surface area (Å²) in [5.74, 6) is 2.46. The van der Waals surface area contributed by atoms with Crippen LogP contribution in [0.4, 0.5) is 0 Å². The fraction of sp³-hybridized carbons (Fsp3) is 0.931. The average molecular weight is 536 g/mol. The van der Waals surface area contributed by atoms with Gasteiger partial charge in [-0.25, -0.2) is 0 Å². The quantitative estimate of drug-likeness (QED) is 0.188. The maximum atomic E-state index is 14.1. The van der Waals surface area contributed by atoms with Gasteiger partial charge < -0.3 is 9.47 Å². The van der Waals surface area contributed by atoms with E-state index in [9.17, 15) is 9.59 Å². The van der Waals surface area contributed by atoms with Crippen molar-refractivity contribution in [1.29, 1.82) is 0 Å². The summed E-state index contributed by atoms with van der Waals surface area (Å²) < 4.78 is 11.6. The topological polar surface area (TPSA) is 52.6 Å². The summed E-state index contributed by atoms with van der Waals surface area (Å²) in [5.41, 5.74) is -0.560. The fourth-order valence-electron chi connectivity index (χ4n) is 11.7. The maximum absolute atomic E-state index is 14.1. The fourth-order valence-corrected chi connectivity index (χ4v) is 12.7. The van der Waals surface area contributed by atoms with Crippen molar-refractivity contribution in [2.45, 2.75) is 97.8 Å². The molecular formula is C29H43BrO4. The van der Waals surface area contributed by atoms with E-state index in [1.165, 1.54) is 64.2 Å². The maximum Gasteiger partial charge on any atom is 0.323 e. The van der Waals surface area contributed by atoms with E-state index in [0.717, 1.165) is 29.0 Å². The standard InChI is InChI=1S/C29H43BrO4/c1-4-33-23(31)29(24(32)34-5-2,16-26-10-19-6-20(11-26)9-25(26,3)8-19)17-27-12-21-7-22(13-27)15-28(27,14-21)18-30/h19-22H,4-18H2,1-3H3/t19-,20+,21-,22-,25?,26?,27?,28?/m1/s1. The van der Waals surface area contributed by atoms with Crippen LogP contribution in [0.1, 0.15) is 97.8 Å². The van der Waals surface area contributed by atoms with Crippen LogP contribution in [0.5, 0.6) is 0 Å². The number of hydrogen-bond acceptors (Lipinski definition) is 4. The van der Waals surface area contributed by atoms with Crippen molar-refractivity contribution in [2.24, 2.45) is 50.7 Å². The monoisotopic (exact) mass is 534 g/mol. The molecule has 8 bridgehead atoms. The van der Waals surface area contributed by atoms with E-state index in [4.69, 9.17) is 9.47 Å². The first-order chi connectivity index (χ1) is 16.2. The summed E-state index contributed by atoms with van der Waals surface area (Å²) in [6.45, 7) is 6.85. The number of carbonyl (C=O) groups excluding carboxylic acids is 2. The lowest BCUT2D eigenvalue weighted by atomic mass is 9.54. The van der Waals surface area contributed by atoms with Gasteiger partial charge >= 0.3 is 11.9 Å². The average Bonchev–Trinajstić information content (AvgIpc) is 3.27. The molecule has 0 heterocycles. The lowest BCUT2D eigenvalue weighted by Gasteiger charge is -2.49. The number of halogens is 1. The number of ether oxygens (including phenoxy) is 2. The number of hydrogen-bond donors (Lipinski definition) is 0. The molecule has 0 aromatic heterocycles. The first-order valence-corrected chi connectivity index (χ1v) is 15.2. The lowest BCUT2D eigenvalue weighted by Crippen LogP contribution is -2.52. The normalized spacial score (nSPS) is 47.5. The Morgan fingerprint density at radius 1 is 0.735 bits per heavy atom. The number of alkyl halides is 1. The molecule has 0 amide bonds. The van der Waals surface area contributed by atoms with Gasteiger partial charge in [0.25, 0.3) is 0 Å². The van der Waals surface area contributed by atoms with Crippen LogP contribution in [-0.4, -0.2) is 30.5 Å². The van der Waals surface area contributed by atoms with Gasteiger partial charge in [0.05, 0.1) is 13.2 Å². The molecule has 34 heavy (non-hydrogen) atoms. The highest BCUT2D eigenvalue weighted by Crippen LogP contribution is 2.78. The summed E-state index contributed by atoms with van der Waals surface area (Å²) in [4.78, 5) is 28.2. The molecule has 0 aromatic carbocycles. The third kappa shape index (κ3) is 3.00. The van der Waals surface area contributed by atoms with Crippen molar-refractivity contribution in [3.05, 3.63) is 0 Å². The molecule has 2 unspecified atom stereocenters. The summed E-state index contributed by atoms with van der Waals surface area (Å²) in [6.07, 6.45) is 13.7. The van der Waals surface area contributed by atoms with Crippen LogP contribution in [0.15, 0.2) is 0 Å². The van der Waals surface area contributed by atoms with Crippen molar-refractivity contribution < 1.29 is 19.1 Å². The summed E-state index contributed by atoms with van der Waals surface area (Å²) in [6, 6.07) is 0. The molecule has 8 aliphatic carbocycles. The number of rotatable bonds is 9. The highest BCUT2D eigenvalue weighted by Gasteiger charge is 2.72. The Hall–Kier alpha value is -0.580. The zero-order valence-corrected chi connectivity index (χ0v) is 23.0. The smallest absolute Gasteiger partial charge is 0.323 e. The van der Waals surface area contributed by atoms with E-state index in [0.29, 0.717) is 26.1 Å². The third-order valence-corrected chi connectivity index (χ3v) is 13.2. The van der Waals surface area contributed by atoms with E-state index in [2.05, 4.69) is 22.9 Å². The molecule has 0 aliphatic heterocycles. The second kappa shape index (κ2) is 7.71. The molecule has 190 valence electrons. The molecule has 4 nitrogen and oxygen atoms in total. The van der Waals surface area contributed by atoms with Crippen LogP contribution in [0, 0.1) is 50.7 Å². The highest BCUT2D eigenvalue weighted by atomic mass is 79.9. The van der Waals surface area contributed by atoms with Crippen LogP contribution < -0.4 is 0 Å². The molecule has 0 radical (unpaired) electrons. The van der Waals surface area contributed by atoms with Crippen molar-refractivity contribution in [2.75, 3.05) is 18.5 Å². The highest BCUT2D eigenvalue weighted by molar-refractivity contribution is 9.09. The van der Waals surface area contributed by atoms with Crippen LogP contribution in [0.2, 0.25) is 0 Å². The minimum atomic E-state index is -1.16. The molecule has 8 rings (SSSR count). The molecule has 8 aliphatic rings. The molecule has 5 heteroatoms. The zero-order chi connectivity index (χ0) is 24.0. The van der Waals surface area contributed by atoms with Gasteiger partial charge in [-0.2, -0.15) is 0 Å². The van der Waals surface area contributed by atoms with Crippen LogP contribution in [-0.2, 0) is 19.1 Å². The first kappa shape index (κ1) is 23.8. The Morgan fingerprint density at radius 3 is 1.62 bits per heavy atom. The van der Waals surface area contributed by atoms with Crippen molar-refractivity contribution in [1.82, 2.24) is 0 Å². The molecule has 0 aromatic rings. The van der Waals surface area contributed by atoms with E-state index in [1.54, 1.807) is 0 Å². The zero-order valence-electron chi connectivity index (χ0n) is 21.4. The predicted octanol–water partition coefficient (Wildman–Crippen LogP) is 6.69. The largest absolute Gasteiger partial charge is 0.465 e. The Balaban J connectivity index is 1.44. The Kier molecular flexibility index (Phi) is 5.40. The van der Waals surface area contributed by atoms with Crippen LogP contribution >= 0.6 is 15.9 Å². The van der Waals surface area contributed by atoms with Crippen LogP contribution in [0.3, 0.4) is 0 Å². The molecule has 0 N–H and O–H groups in total. The van der Waals surface area contributed by atoms with Gasteiger partial charge in [0.2, 0.25) is 0 Å². The van der Waals surface area contributed by atoms with Gasteiger partial charge in [0.1, 0.15) is 0 Å². The summed E-state index contributed by atoms with van der Waals surface area (Å²) >= 11 is 3.92. The minimum Gasteiger partial charge on any atom is -0.465 e. The van der Waals surface area contributed by atoms with Crippen molar-refractivity contribution >= 4 is 27.9 Å². The Bertz CT molecular complexity index is 833. The van der Waals surface area contributed by atoms with Gasteiger partial charge in [-0.1, -0.05) is 22.9 Å². The Labute approximate surface area is 213 Å². The molecule has 8 saturated carbocycles. The molecular weight excluding hydrogens is 492 g/mol. The molecule has 0 saturated heterocycles. The Morgan fingerprint density at radius 2 is 1.15 bits per heavy atom. The van der Waals surface area contributed by atoms with Crippen molar-refractivity contribution in [3.63, 3.8) is 0 Å². The summed E-state index contributed by atoms with van der Waals surface area (Å²) in [7, 11) is 0. The minimum absolute atomic E-state index is 0.0524. The third-order valence-electron chi connectivity index (χ3n) is 12.2. The second-order valence-corrected chi connectivity index (χ2v) is 14.5. The van der Waals surface area contributed by atoms with Gasteiger partial charge in [-0.3, -0.25) is 9.59 Å². The SMILES string of the molecule is CCOC(=O)C(CC12C[C@@H]3C[C@@H](CC1(C)C3)C2)(CC12C[C@H]3C[C@@H](CC1(CBr)C3)C2)C(=O)OCC. The van der Waals surface area contributed by atoms with E-state index < -0.39 is 5.41 Å². The van der Waals surface area contributed by atoms with Gasteiger partial charge in [-0.15, -0.1) is 0 Å². The van der Waals surface area contributed by atoms with E-state index in [-0.39, 0.29) is 33.6 Å². The van der Waals surface area contributed by atoms with Gasteiger partial charge in [0.15, 0.2) is 5.41 Å². The second-order valence-electron chi connectivity index (χ2n) is 14.0. The summed E-state index contributed by atoms with van der Waals surface area (Å²) in [5, 5.41) is 0.988. The number of carbonyl (C=O) groups is 2. The molecule has 8 fully saturated rings. The predicted molar refractivity (Wildman–Crippen MR) is 134 cm³/mol. The van der Waals surface area contributed by atoms with Gasteiger partial charge in [0, 0.05) is 5.33 Å². The molecule has 0 spiro atoms. The number of esters is 2. The lowest BCUT2D eigenvalue weighted by molar-refractivity contribution is -0.181. The van der Waals surface area contributed by atoms with Gasteiger partial charge in [-0.05, 0) is 136 Å². The van der Waals surface area contributed by atoms with Crippen LogP contribution in [0.25, 0.3) is 0 Å². The molecule has 6 atom stereocenters. The van der Waals surface area contributed by atoms with Crippen molar-refractivity contribution in [3.8, 4) is 0 Å². The van der Waals surface area contributed by atoms with E-state index in [1.807, 2.05) is 13.8 Å². The van der Waals surface area contributed by atoms with E-state index >= 15 is 0 Å². The first-order valence-electron chi connectivity index (χ1n) is 14.1.